The summed E-state index contributed by atoms with van der Waals surface area (Å²) >= 11 is 0. The highest BCUT2D eigenvalue weighted by Crippen LogP contribution is 2.27. The lowest BCUT2D eigenvalue weighted by Crippen LogP contribution is -2.54. The second kappa shape index (κ2) is 5.07. The Balaban J connectivity index is 1.69. The van der Waals surface area contributed by atoms with Gasteiger partial charge in [-0.15, -0.1) is 0 Å². The van der Waals surface area contributed by atoms with Crippen molar-refractivity contribution >= 4 is 17.7 Å². The number of anilines is 1. The first-order valence-corrected chi connectivity index (χ1v) is 6.73. The first-order valence-electron chi connectivity index (χ1n) is 6.73. The molecule has 0 radical (unpaired) electrons. The molecule has 2 N–H and O–H groups in total. The van der Waals surface area contributed by atoms with Crippen LogP contribution in [0, 0.1) is 5.92 Å². The van der Waals surface area contributed by atoms with Gasteiger partial charge in [-0.05, 0) is 18.8 Å². The number of carbonyl (C=O) groups excluding carboxylic acids is 1. The Hall–Kier alpha value is -2.18. The van der Waals surface area contributed by atoms with Gasteiger partial charge in [0.1, 0.15) is 5.82 Å². The van der Waals surface area contributed by atoms with Crippen LogP contribution in [0.25, 0.3) is 0 Å². The molecule has 3 rings (SSSR count). The van der Waals surface area contributed by atoms with E-state index in [1.165, 1.54) is 12.4 Å². The number of hydrogen-bond acceptors (Lipinski definition) is 5. The summed E-state index contributed by atoms with van der Waals surface area (Å²) in [5.74, 6) is 0.204. The number of carbonyl (C=O) groups is 2. The minimum absolute atomic E-state index is 0.0476. The van der Waals surface area contributed by atoms with Crippen LogP contribution < -0.4 is 10.2 Å². The molecule has 7 nitrogen and oxygen atoms in total. The fourth-order valence-corrected chi connectivity index (χ4v) is 2.91. The summed E-state index contributed by atoms with van der Waals surface area (Å²) < 4.78 is 0. The Morgan fingerprint density at radius 3 is 2.90 bits per heavy atom. The molecule has 2 saturated heterocycles. The van der Waals surface area contributed by atoms with E-state index in [4.69, 9.17) is 5.11 Å². The Kier molecular flexibility index (Phi) is 3.25. The number of rotatable bonds is 2. The van der Waals surface area contributed by atoms with Gasteiger partial charge >= 0.3 is 5.97 Å². The highest BCUT2D eigenvalue weighted by atomic mass is 16.4. The molecule has 106 valence electrons. The van der Waals surface area contributed by atoms with E-state index in [2.05, 4.69) is 20.2 Å². The summed E-state index contributed by atoms with van der Waals surface area (Å²) in [6.45, 7) is 1.62. The first-order chi connectivity index (χ1) is 9.63. The Bertz CT molecular complexity index is 531. The van der Waals surface area contributed by atoms with Gasteiger partial charge in [0.25, 0.3) is 0 Å². The van der Waals surface area contributed by atoms with Crippen LogP contribution >= 0.6 is 0 Å². The molecule has 0 aromatic carbocycles. The summed E-state index contributed by atoms with van der Waals surface area (Å²) in [6.07, 6.45) is 5.16. The van der Waals surface area contributed by atoms with Crippen LogP contribution in [0.5, 0.6) is 0 Å². The molecule has 1 amide bonds. The molecule has 2 fully saturated rings. The number of nitrogens with zero attached hydrogens (tertiary/aromatic N) is 3. The second-order valence-electron chi connectivity index (χ2n) is 5.27. The lowest BCUT2D eigenvalue weighted by molar-refractivity contribution is -0.124. The van der Waals surface area contributed by atoms with Gasteiger partial charge in [0, 0.05) is 25.6 Å². The number of fused-ring (bicyclic) bond motifs is 1. The third kappa shape index (κ3) is 2.43. The number of aromatic nitrogens is 2. The number of hydrogen-bond donors (Lipinski definition) is 2. The second-order valence-corrected chi connectivity index (χ2v) is 5.27. The SMILES string of the molecule is O=C1CCC2CN(c3cnc(C(=O)O)cn3)CCC2N1. The topological polar surface area (TPSA) is 95.4 Å². The van der Waals surface area contributed by atoms with E-state index in [9.17, 15) is 9.59 Å². The summed E-state index contributed by atoms with van der Waals surface area (Å²) in [5.41, 5.74) is -0.0476. The van der Waals surface area contributed by atoms with Crippen molar-refractivity contribution in [1.82, 2.24) is 15.3 Å². The lowest BCUT2D eigenvalue weighted by Gasteiger charge is -2.41. The molecule has 0 saturated carbocycles. The van der Waals surface area contributed by atoms with Crippen LogP contribution in [0.4, 0.5) is 5.82 Å². The van der Waals surface area contributed by atoms with Gasteiger partial charge < -0.3 is 15.3 Å². The van der Waals surface area contributed by atoms with Crippen LogP contribution in [0.2, 0.25) is 0 Å². The van der Waals surface area contributed by atoms with Crippen molar-refractivity contribution < 1.29 is 14.7 Å². The van der Waals surface area contributed by atoms with Crippen molar-refractivity contribution in [3.8, 4) is 0 Å². The van der Waals surface area contributed by atoms with E-state index in [0.29, 0.717) is 18.2 Å². The maximum absolute atomic E-state index is 11.4. The van der Waals surface area contributed by atoms with Crippen LogP contribution in [0.1, 0.15) is 29.8 Å². The van der Waals surface area contributed by atoms with Gasteiger partial charge in [0.05, 0.1) is 12.4 Å². The number of amides is 1. The fraction of sp³-hybridized carbons (Fsp3) is 0.538. The summed E-state index contributed by atoms with van der Waals surface area (Å²) in [5, 5.41) is 11.8. The molecule has 2 unspecified atom stereocenters. The summed E-state index contributed by atoms with van der Waals surface area (Å²) in [4.78, 5) is 32.3. The van der Waals surface area contributed by atoms with Crippen molar-refractivity contribution in [2.75, 3.05) is 18.0 Å². The van der Waals surface area contributed by atoms with E-state index in [1.54, 1.807) is 0 Å². The van der Waals surface area contributed by atoms with E-state index >= 15 is 0 Å². The lowest BCUT2D eigenvalue weighted by atomic mass is 9.85. The smallest absolute Gasteiger partial charge is 0.356 e. The molecule has 2 atom stereocenters. The number of aromatic carboxylic acids is 1. The molecule has 3 heterocycles. The molecule has 1 aromatic rings. The van der Waals surface area contributed by atoms with E-state index < -0.39 is 5.97 Å². The first kappa shape index (κ1) is 12.8. The largest absolute Gasteiger partial charge is 0.476 e. The van der Waals surface area contributed by atoms with Crippen molar-refractivity contribution in [2.45, 2.75) is 25.3 Å². The highest BCUT2D eigenvalue weighted by Gasteiger charge is 2.34. The number of piperidine rings is 2. The molecule has 0 spiro atoms. The summed E-state index contributed by atoms with van der Waals surface area (Å²) in [6, 6.07) is 0.263. The average Bonchev–Trinajstić information content (AvgIpc) is 2.47. The standard InChI is InChI=1S/C13H16N4O3/c18-12-2-1-8-7-17(4-3-9(8)16-12)11-6-14-10(5-15-11)13(19)20/h5-6,8-9H,1-4,7H2,(H,16,18)(H,19,20). The third-order valence-electron chi connectivity index (χ3n) is 4.00. The zero-order valence-corrected chi connectivity index (χ0v) is 11.0. The maximum Gasteiger partial charge on any atom is 0.356 e. The van der Waals surface area contributed by atoms with Crippen LogP contribution in [-0.2, 0) is 4.79 Å². The van der Waals surface area contributed by atoms with Gasteiger partial charge in [-0.3, -0.25) is 4.79 Å². The fourth-order valence-electron chi connectivity index (χ4n) is 2.91. The number of nitrogens with one attached hydrogen (secondary N) is 1. The zero-order valence-electron chi connectivity index (χ0n) is 11.0. The molecule has 2 aliphatic heterocycles. The van der Waals surface area contributed by atoms with Crippen molar-refractivity contribution in [1.29, 1.82) is 0 Å². The van der Waals surface area contributed by atoms with Gasteiger partial charge in [0.15, 0.2) is 5.69 Å². The third-order valence-corrected chi connectivity index (χ3v) is 4.00. The monoisotopic (exact) mass is 276 g/mol. The van der Waals surface area contributed by atoms with Gasteiger partial charge in [0.2, 0.25) is 5.91 Å². The van der Waals surface area contributed by atoms with Crippen molar-refractivity contribution in [3.05, 3.63) is 18.1 Å². The van der Waals surface area contributed by atoms with Crippen LogP contribution in [0.3, 0.4) is 0 Å². The zero-order chi connectivity index (χ0) is 14.1. The minimum atomic E-state index is -1.07. The maximum atomic E-state index is 11.4. The van der Waals surface area contributed by atoms with Gasteiger partial charge in [-0.2, -0.15) is 0 Å². The quantitative estimate of drug-likeness (QED) is 0.805. The van der Waals surface area contributed by atoms with E-state index in [-0.39, 0.29) is 17.6 Å². The van der Waals surface area contributed by atoms with Gasteiger partial charge in [-0.1, -0.05) is 0 Å². The Morgan fingerprint density at radius 2 is 2.20 bits per heavy atom. The summed E-state index contributed by atoms with van der Waals surface area (Å²) in [7, 11) is 0. The molecule has 1 aromatic heterocycles. The van der Waals surface area contributed by atoms with Crippen LogP contribution in [0.15, 0.2) is 12.4 Å². The Labute approximate surface area is 116 Å². The molecular weight excluding hydrogens is 260 g/mol. The average molecular weight is 276 g/mol. The molecule has 0 aliphatic carbocycles. The van der Waals surface area contributed by atoms with E-state index in [1.807, 2.05) is 0 Å². The minimum Gasteiger partial charge on any atom is -0.476 e. The molecule has 7 heteroatoms. The van der Waals surface area contributed by atoms with Crippen LogP contribution in [-0.4, -0.2) is 46.1 Å². The van der Waals surface area contributed by atoms with E-state index in [0.717, 1.165) is 25.9 Å². The molecular formula is C13H16N4O3. The normalized spacial score (nSPS) is 25.8. The molecule has 20 heavy (non-hydrogen) atoms. The van der Waals surface area contributed by atoms with Crippen molar-refractivity contribution in [3.63, 3.8) is 0 Å². The number of carboxylic acid groups (broad SMARTS) is 1. The highest BCUT2D eigenvalue weighted by molar-refractivity contribution is 5.84. The molecule has 0 bridgehead atoms. The Morgan fingerprint density at radius 1 is 1.35 bits per heavy atom. The van der Waals surface area contributed by atoms with Gasteiger partial charge in [-0.25, -0.2) is 14.8 Å². The number of carboxylic acids is 1. The predicted octanol–water partition coefficient (Wildman–Crippen LogP) is 0.280. The van der Waals surface area contributed by atoms with Crippen molar-refractivity contribution in [2.24, 2.45) is 5.92 Å². The molecule has 2 aliphatic rings. The predicted molar refractivity (Wildman–Crippen MR) is 70.5 cm³/mol.